The van der Waals surface area contributed by atoms with E-state index in [1.54, 1.807) is 4.57 Å². The number of aryl methyl sites for hydroxylation is 1. The molecule has 1 heterocycles. The molecule has 6 heteroatoms. The van der Waals surface area contributed by atoms with Crippen LogP contribution in [0.25, 0.3) is 0 Å². The van der Waals surface area contributed by atoms with Crippen LogP contribution in [-0.4, -0.2) is 20.7 Å². The summed E-state index contributed by atoms with van der Waals surface area (Å²) in [5.74, 6) is 0.675. The number of nitrogens with zero attached hydrogens (tertiary/aromatic N) is 2. The van der Waals surface area contributed by atoms with Crippen LogP contribution < -0.4 is 5.32 Å². The fourth-order valence-electron chi connectivity index (χ4n) is 2.62. The normalized spacial score (nSPS) is 13.2. The molecule has 0 bridgehead atoms. The van der Waals surface area contributed by atoms with Crippen molar-refractivity contribution in [2.75, 3.05) is 0 Å². The Balaban J connectivity index is 1.76. The van der Waals surface area contributed by atoms with Crippen LogP contribution in [0.1, 0.15) is 33.7 Å². The molecule has 0 aliphatic heterocycles. The zero-order valence-electron chi connectivity index (χ0n) is 11.3. The lowest BCUT2D eigenvalue weighted by atomic mass is 10.0. The number of rotatable bonds is 3. The Morgan fingerprint density at radius 2 is 2.35 bits per heavy atom. The molecule has 2 aromatic rings. The molecule has 1 aliphatic rings. The third kappa shape index (κ3) is 2.27. The van der Waals surface area contributed by atoms with Crippen molar-refractivity contribution in [2.24, 2.45) is 7.05 Å². The van der Waals surface area contributed by atoms with E-state index in [0.29, 0.717) is 11.3 Å². The van der Waals surface area contributed by atoms with E-state index in [2.05, 4.69) is 21.6 Å². The minimum Gasteiger partial charge on any atom is -0.345 e. The summed E-state index contributed by atoms with van der Waals surface area (Å²) in [6.45, 7) is 0.367. The molecule has 0 saturated carbocycles. The maximum atomic E-state index is 12.3. The van der Waals surface area contributed by atoms with Crippen LogP contribution in [-0.2, 0) is 26.4 Å². The van der Waals surface area contributed by atoms with E-state index < -0.39 is 0 Å². The lowest BCUT2D eigenvalue weighted by Gasteiger charge is -2.09. The summed E-state index contributed by atoms with van der Waals surface area (Å²) in [6.07, 6.45) is 3.20. The SMILES string of the molecule is Cn1c(CNC(=O)c2cccc3c2CCC3)n[nH]c1=S. The van der Waals surface area contributed by atoms with Crippen LogP contribution in [0.3, 0.4) is 0 Å². The molecule has 1 aliphatic carbocycles. The average molecular weight is 288 g/mol. The van der Waals surface area contributed by atoms with Crippen molar-refractivity contribution in [2.45, 2.75) is 25.8 Å². The molecule has 0 saturated heterocycles. The second kappa shape index (κ2) is 5.20. The molecule has 0 unspecified atom stereocenters. The lowest BCUT2D eigenvalue weighted by molar-refractivity contribution is 0.0948. The van der Waals surface area contributed by atoms with Gasteiger partial charge in [0.1, 0.15) is 0 Å². The van der Waals surface area contributed by atoms with Crippen molar-refractivity contribution in [3.63, 3.8) is 0 Å². The summed E-state index contributed by atoms with van der Waals surface area (Å²) in [4.78, 5) is 12.3. The highest BCUT2D eigenvalue weighted by molar-refractivity contribution is 7.71. The van der Waals surface area contributed by atoms with Crippen LogP contribution in [0.2, 0.25) is 0 Å². The number of aromatic amines is 1. The van der Waals surface area contributed by atoms with Crippen molar-refractivity contribution < 1.29 is 4.79 Å². The highest BCUT2D eigenvalue weighted by Gasteiger charge is 2.18. The van der Waals surface area contributed by atoms with Gasteiger partial charge < -0.3 is 9.88 Å². The van der Waals surface area contributed by atoms with Crippen molar-refractivity contribution in [3.8, 4) is 0 Å². The molecule has 1 aromatic heterocycles. The van der Waals surface area contributed by atoms with Gasteiger partial charge in [-0.2, -0.15) is 5.10 Å². The van der Waals surface area contributed by atoms with Gasteiger partial charge >= 0.3 is 0 Å². The summed E-state index contributed by atoms with van der Waals surface area (Å²) >= 11 is 5.04. The van der Waals surface area contributed by atoms with Gasteiger partial charge in [0.05, 0.1) is 6.54 Å². The first-order valence-corrected chi connectivity index (χ1v) is 7.07. The zero-order chi connectivity index (χ0) is 14.1. The van der Waals surface area contributed by atoms with Crippen LogP contribution in [0.4, 0.5) is 0 Å². The lowest BCUT2D eigenvalue weighted by Crippen LogP contribution is -2.25. The van der Waals surface area contributed by atoms with Gasteiger partial charge in [0.2, 0.25) is 0 Å². The number of carbonyl (C=O) groups is 1. The Hall–Kier alpha value is -1.95. The van der Waals surface area contributed by atoms with Gasteiger partial charge in [-0.15, -0.1) is 0 Å². The monoisotopic (exact) mass is 288 g/mol. The number of fused-ring (bicyclic) bond motifs is 1. The Bertz CT molecular complexity index is 716. The van der Waals surface area contributed by atoms with Crippen LogP contribution >= 0.6 is 12.2 Å². The number of aromatic nitrogens is 3. The fourth-order valence-corrected chi connectivity index (χ4v) is 2.78. The van der Waals surface area contributed by atoms with E-state index in [1.807, 2.05) is 19.2 Å². The fraction of sp³-hybridized carbons (Fsp3) is 0.357. The Kier molecular flexibility index (Phi) is 3.40. The molecule has 1 amide bonds. The third-order valence-electron chi connectivity index (χ3n) is 3.77. The molecule has 0 spiro atoms. The van der Waals surface area contributed by atoms with Crippen LogP contribution in [0, 0.1) is 4.77 Å². The van der Waals surface area contributed by atoms with E-state index in [-0.39, 0.29) is 5.91 Å². The first kappa shape index (κ1) is 13.1. The summed E-state index contributed by atoms with van der Waals surface area (Å²) in [5, 5.41) is 9.70. The van der Waals surface area contributed by atoms with E-state index in [4.69, 9.17) is 12.2 Å². The predicted molar refractivity (Wildman–Crippen MR) is 78.0 cm³/mol. The molecule has 20 heavy (non-hydrogen) atoms. The number of amides is 1. The first-order chi connectivity index (χ1) is 9.66. The van der Waals surface area contributed by atoms with Gasteiger partial charge in [0, 0.05) is 12.6 Å². The van der Waals surface area contributed by atoms with Crippen molar-refractivity contribution >= 4 is 18.1 Å². The van der Waals surface area contributed by atoms with Gasteiger partial charge in [-0.3, -0.25) is 9.89 Å². The number of benzene rings is 1. The van der Waals surface area contributed by atoms with E-state index >= 15 is 0 Å². The minimum atomic E-state index is -0.0438. The molecule has 1 aromatic carbocycles. The molecule has 104 valence electrons. The number of hydrogen-bond donors (Lipinski definition) is 2. The van der Waals surface area contributed by atoms with Gasteiger partial charge in [0.25, 0.3) is 5.91 Å². The molecule has 0 radical (unpaired) electrons. The first-order valence-electron chi connectivity index (χ1n) is 6.66. The Morgan fingerprint density at radius 1 is 1.50 bits per heavy atom. The number of hydrogen-bond acceptors (Lipinski definition) is 3. The quantitative estimate of drug-likeness (QED) is 0.848. The van der Waals surface area contributed by atoms with Crippen LogP contribution in [0.15, 0.2) is 18.2 Å². The smallest absolute Gasteiger partial charge is 0.251 e. The molecule has 3 rings (SSSR count). The topological polar surface area (TPSA) is 62.7 Å². The van der Waals surface area contributed by atoms with Crippen molar-refractivity contribution in [1.82, 2.24) is 20.1 Å². The highest BCUT2D eigenvalue weighted by atomic mass is 32.1. The van der Waals surface area contributed by atoms with E-state index in [9.17, 15) is 4.79 Å². The molecule has 0 fully saturated rings. The highest BCUT2D eigenvalue weighted by Crippen LogP contribution is 2.25. The molecular weight excluding hydrogens is 272 g/mol. The third-order valence-corrected chi connectivity index (χ3v) is 4.14. The predicted octanol–water partition coefficient (Wildman–Crippen LogP) is 1.90. The van der Waals surface area contributed by atoms with Crippen LogP contribution in [0.5, 0.6) is 0 Å². The van der Waals surface area contributed by atoms with Crippen molar-refractivity contribution in [1.29, 1.82) is 0 Å². The summed E-state index contributed by atoms with van der Waals surface area (Å²) < 4.78 is 2.31. The number of nitrogens with one attached hydrogen (secondary N) is 2. The van der Waals surface area contributed by atoms with E-state index in [0.717, 1.165) is 30.7 Å². The van der Waals surface area contributed by atoms with Gasteiger partial charge in [-0.25, -0.2) is 0 Å². The van der Waals surface area contributed by atoms with Gasteiger partial charge in [-0.1, -0.05) is 12.1 Å². The largest absolute Gasteiger partial charge is 0.345 e. The summed E-state index contributed by atoms with van der Waals surface area (Å²) in [6, 6.07) is 5.95. The second-order valence-corrected chi connectivity index (χ2v) is 5.37. The maximum Gasteiger partial charge on any atom is 0.251 e. The van der Waals surface area contributed by atoms with Gasteiger partial charge in [0.15, 0.2) is 10.6 Å². The standard InChI is InChI=1S/C14H16N4OS/c1-18-12(16-17-14(18)20)8-15-13(19)11-7-3-5-9-4-2-6-10(9)11/h3,5,7H,2,4,6,8H2,1H3,(H,15,19)(H,17,20). The Labute approximate surface area is 122 Å². The molecule has 0 atom stereocenters. The Morgan fingerprint density at radius 3 is 3.10 bits per heavy atom. The van der Waals surface area contributed by atoms with Crippen molar-refractivity contribution in [3.05, 3.63) is 45.5 Å². The summed E-state index contributed by atoms with van der Waals surface area (Å²) in [5.41, 5.74) is 3.29. The average Bonchev–Trinajstić information content (AvgIpc) is 3.04. The molecule has 5 nitrogen and oxygen atoms in total. The minimum absolute atomic E-state index is 0.0438. The summed E-state index contributed by atoms with van der Waals surface area (Å²) in [7, 11) is 1.83. The van der Waals surface area contributed by atoms with E-state index in [1.165, 1.54) is 11.1 Å². The number of carbonyl (C=O) groups excluding carboxylic acids is 1. The maximum absolute atomic E-state index is 12.3. The zero-order valence-corrected chi connectivity index (χ0v) is 12.1. The second-order valence-electron chi connectivity index (χ2n) is 4.98. The van der Waals surface area contributed by atoms with Gasteiger partial charge in [-0.05, 0) is 48.7 Å². The number of H-pyrrole nitrogens is 1. The molecule has 2 N–H and O–H groups in total. The molecular formula is C14H16N4OS.